The van der Waals surface area contributed by atoms with Crippen LogP contribution in [0.4, 0.5) is 0 Å². The molecule has 0 spiro atoms. The molecular weight excluding hydrogens is 411 g/mol. The first kappa shape index (κ1) is 27.5. The summed E-state index contributed by atoms with van der Waals surface area (Å²) in [5.74, 6) is -4.55. The Balaban J connectivity index is 0. The maximum atomic E-state index is 10.6. The molecule has 12 nitrogen and oxygen atoms in total. The number of hydrogen-bond acceptors (Lipinski definition) is 8. The summed E-state index contributed by atoms with van der Waals surface area (Å²) in [6.45, 7) is -0.790. The fourth-order valence-corrected chi connectivity index (χ4v) is 1.90. The minimum Gasteiger partial charge on any atom is -0.480 e. The number of carboxylic acids is 4. The van der Waals surface area contributed by atoms with Gasteiger partial charge in [-0.2, -0.15) is 0 Å². The Morgan fingerprint density at radius 2 is 0.815 bits per heavy atom. The largest absolute Gasteiger partial charge is 0.480 e. The maximum absolute atomic E-state index is 10.6. The number of aliphatic carboxylic acids is 4. The van der Waals surface area contributed by atoms with E-state index in [1.165, 1.54) is 9.80 Å². The van der Waals surface area contributed by atoms with E-state index in [4.69, 9.17) is 29.9 Å². The summed E-state index contributed by atoms with van der Waals surface area (Å²) in [5.41, 5.74) is 0. The zero-order valence-electron chi connectivity index (χ0n) is 14.6. The van der Waals surface area contributed by atoms with Gasteiger partial charge in [0.2, 0.25) is 0 Å². The van der Waals surface area contributed by atoms with Crippen LogP contribution >= 0.6 is 0 Å². The molecule has 0 aromatic carbocycles. The molecule has 0 aromatic rings. The smallest absolute Gasteiger partial charge is 0.317 e. The number of ether oxygens (including phenoxy) is 2. The van der Waals surface area contributed by atoms with Crippen molar-refractivity contribution in [2.75, 3.05) is 65.7 Å². The monoisotopic (exact) mass is 435 g/mol. The zero-order valence-corrected chi connectivity index (χ0v) is 15.8. The third-order valence-electron chi connectivity index (χ3n) is 2.91. The van der Waals surface area contributed by atoms with Crippen molar-refractivity contribution in [2.45, 2.75) is 0 Å². The molecule has 0 saturated carbocycles. The summed E-state index contributed by atoms with van der Waals surface area (Å²) in [6.07, 6.45) is 0. The average Bonchev–Trinajstić information content (AvgIpc) is 2.47. The van der Waals surface area contributed by atoms with Crippen molar-refractivity contribution in [2.24, 2.45) is 0 Å². The van der Waals surface area contributed by atoms with Gasteiger partial charge in [-0.25, -0.2) is 0 Å². The topological polar surface area (TPSA) is 174 Å². The predicted molar refractivity (Wildman–Crippen MR) is 85.1 cm³/mol. The van der Waals surface area contributed by atoms with Crippen molar-refractivity contribution in [3.63, 3.8) is 0 Å². The molecule has 0 saturated heterocycles. The molecule has 4 N–H and O–H groups in total. The number of hydrogen-bond donors (Lipinski definition) is 4. The summed E-state index contributed by atoms with van der Waals surface area (Å²) in [4.78, 5) is 44.9. The number of carbonyl (C=O) groups is 4. The summed E-state index contributed by atoms with van der Waals surface area (Å²) < 4.78 is 10.4. The van der Waals surface area contributed by atoms with Gasteiger partial charge in [0.25, 0.3) is 0 Å². The van der Waals surface area contributed by atoms with Gasteiger partial charge in [0.1, 0.15) is 0 Å². The average molecular weight is 435 g/mol. The molecule has 0 bridgehead atoms. The summed E-state index contributed by atoms with van der Waals surface area (Å²) >= 11 is 0. The van der Waals surface area contributed by atoms with Gasteiger partial charge < -0.3 is 29.9 Å². The van der Waals surface area contributed by atoms with Crippen LogP contribution in [0.5, 0.6) is 0 Å². The van der Waals surface area contributed by atoms with Crippen LogP contribution in [0.3, 0.4) is 0 Å². The van der Waals surface area contributed by atoms with Gasteiger partial charge in [-0.1, -0.05) is 0 Å². The van der Waals surface area contributed by atoms with Crippen molar-refractivity contribution in [1.29, 1.82) is 0 Å². The third kappa shape index (κ3) is 18.8. The molecule has 0 rings (SSSR count). The van der Waals surface area contributed by atoms with Crippen LogP contribution in [0, 0.1) is 0 Å². The van der Waals surface area contributed by atoms with Gasteiger partial charge in [0, 0.05) is 30.2 Å². The number of carboxylic acid groups (broad SMARTS) is 4. The standard InChI is InChI=1S/C14H24N2O10.Mn/c17-11(18)7-15(8-12(19)20)1-3-25-5-6-26-4-2-16(9-13(21)22)10-14(23)24;/h1-10H2,(H,17,18)(H,19,20)(H,21,22)(H,23,24);. The van der Waals surface area contributed by atoms with Crippen LogP contribution in [0.2, 0.25) is 0 Å². The van der Waals surface area contributed by atoms with E-state index in [9.17, 15) is 19.2 Å². The molecule has 0 atom stereocenters. The van der Waals surface area contributed by atoms with Crippen LogP contribution < -0.4 is 0 Å². The SMILES string of the molecule is O=C(O)CN(CCOCCOCCN(CC(=O)O)CC(=O)O)CC(=O)O.[Mn]. The second-order valence-electron chi connectivity index (χ2n) is 5.22. The van der Waals surface area contributed by atoms with Crippen molar-refractivity contribution in [3.8, 4) is 0 Å². The van der Waals surface area contributed by atoms with E-state index in [1.54, 1.807) is 0 Å². The fourth-order valence-electron chi connectivity index (χ4n) is 1.90. The third-order valence-corrected chi connectivity index (χ3v) is 2.91. The molecule has 0 aromatic heterocycles. The Labute approximate surface area is 166 Å². The van der Waals surface area contributed by atoms with E-state index in [-0.39, 0.29) is 56.6 Å². The number of nitrogens with zero attached hydrogens (tertiary/aromatic N) is 2. The predicted octanol–water partition coefficient (Wildman–Crippen LogP) is -2.04. The fraction of sp³-hybridized carbons (Fsp3) is 0.714. The molecule has 157 valence electrons. The first-order valence-corrected chi connectivity index (χ1v) is 7.68. The van der Waals surface area contributed by atoms with Gasteiger partial charge in [-0.05, 0) is 0 Å². The van der Waals surface area contributed by atoms with Gasteiger partial charge in [-0.15, -0.1) is 0 Å². The molecular formula is C14H24MnN2O10. The Bertz CT molecular complexity index is 403. The summed E-state index contributed by atoms with van der Waals surface area (Å²) in [7, 11) is 0. The van der Waals surface area contributed by atoms with E-state index < -0.39 is 50.1 Å². The van der Waals surface area contributed by atoms with Crippen LogP contribution in [0.1, 0.15) is 0 Å². The Hall–Kier alpha value is -1.76. The first-order chi connectivity index (χ1) is 12.2. The van der Waals surface area contributed by atoms with Crippen molar-refractivity contribution >= 4 is 23.9 Å². The Morgan fingerprint density at radius 3 is 1.04 bits per heavy atom. The van der Waals surface area contributed by atoms with E-state index in [0.29, 0.717) is 0 Å². The molecule has 27 heavy (non-hydrogen) atoms. The van der Waals surface area contributed by atoms with Gasteiger partial charge >= 0.3 is 23.9 Å². The molecule has 0 aliphatic heterocycles. The number of rotatable bonds is 17. The first-order valence-electron chi connectivity index (χ1n) is 7.68. The molecule has 0 unspecified atom stereocenters. The second kappa shape index (κ2) is 16.4. The molecule has 0 heterocycles. The normalized spacial score (nSPS) is 10.6. The molecule has 0 amide bonds. The van der Waals surface area contributed by atoms with E-state index in [1.807, 2.05) is 0 Å². The van der Waals surface area contributed by atoms with Crippen LogP contribution in [0.15, 0.2) is 0 Å². The van der Waals surface area contributed by atoms with Gasteiger partial charge in [0.05, 0.1) is 52.6 Å². The summed E-state index contributed by atoms with van der Waals surface area (Å²) in [5, 5.41) is 34.7. The minimum absolute atomic E-state index is 0. The maximum Gasteiger partial charge on any atom is 0.317 e. The van der Waals surface area contributed by atoms with Crippen LogP contribution in [0.25, 0.3) is 0 Å². The molecule has 13 heteroatoms. The van der Waals surface area contributed by atoms with Gasteiger partial charge in [-0.3, -0.25) is 29.0 Å². The molecule has 1 radical (unpaired) electrons. The zero-order chi connectivity index (χ0) is 19.9. The van der Waals surface area contributed by atoms with Crippen molar-refractivity contribution < 1.29 is 66.1 Å². The second-order valence-corrected chi connectivity index (χ2v) is 5.22. The molecule has 0 aliphatic rings. The molecule has 0 aliphatic carbocycles. The van der Waals surface area contributed by atoms with E-state index in [0.717, 1.165) is 0 Å². The van der Waals surface area contributed by atoms with Crippen LogP contribution in [-0.2, 0) is 45.7 Å². The van der Waals surface area contributed by atoms with Crippen molar-refractivity contribution in [3.05, 3.63) is 0 Å². The Kier molecular flexibility index (Phi) is 16.7. The van der Waals surface area contributed by atoms with Crippen LogP contribution in [-0.4, -0.2) is 120 Å². The summed E-state index contributed by atoms with van der Waals surface area (Å²) in [6, 6.07) is 0. The Morgan fingerprint density at radius 1 is 0.556 bits per heavy atom. The minimum atomic E-state index is -1.14. The van der Waals surface area contributed by atoms with E-state index in [2.05, 4.69) is 0 Å². The van der Waals surface area contributed by atoms with Gasteiger partial charge in [0.15, 0.2) is 0 Å². The molecule has 0 fully saturated rings. The quantitative estimate of drug-likeness (QED) is 0.146. The van der Waals surface area contributed by atoms with Crippen molar-refractivity contribution in [1.82, 2.24) is 9.80 Å². The van der Waals surface area contributed by atoms with E-state index >= 15 is 0 Å².